The molecule has 0 amide bonds. The number of anilines is 1. The van der Waals surface area contributed by atoms with E-state index >= 15 is 0 Å². The van der Waals surface area contributed by atoms with Crippen molar-refractivity contribution in [2.24, 2.45) is 0 Å². The van der Waals surface area contributed by atoms with Crippen LogP contribution in [-0.4, -0.2) is 50.7 Å². The van der Waals surface area contributed by atoms with Crippen LogP contribution in [0.5, 0.6) is 0 Å². The molecule has 1 aliphatic rings. The molecule has 0 spiro atoms. The number of hydrogen-bond donors (Lipinski definition) is 0. The van der Waals surface area contributed by atoms with Gasteiger partial charge in [-0.3, -0.25) is 9.88 Å². The highest BCUT2D eigenvalue weighted by atomic mass is 35.5. The lowest BCUT2D eigenvalue weighted by molar-refractivity contribution is 0.247. The van der Waals surface area contributed by atoms with Crippen molar-refractivity contribution in [1.82, 2.24) is 24.5 Å². The van der Waals surface area contributed by atoms with Gasteiger partial charge >= 0.3 is 0 Å². The highest BCUT2D eigenvalue weighted by Gasteiger charge is 2.23. The molecule has 3 aromatic rings. The summed E-state index contributed by atoms with van der Waals surface area (Å²) in [5, 5.41) is 6.48. The van der Waals surface area contributed by atoms with Gasteiger partial charge in [-0.1, -0.05) is 43.7 Å². The number of aromatic nitrogens is 4. The van der Waals surface area contributed by atoms with Gasteiger partial charge in [0.05, 0.1) is 22.6 Å². The molecular weight excluding hydrogens is 368 g/mol. The molecule has 1 aliphatic heterocycles. The second-order valence-electron chi connectivity index (χ2n) is 7.72. The first kappa shape index (κ1) is 17.7. The summed E-state index contributed by atoms with van der Waals surface area (Å²) in [7, 11) is 0. The van der Waals surface area contributed by atoms with Crippen molar-refractivity contribution in [2.75, 3.05) is 31.1 Å². The zero-order valence-corrected chi connectivity index (χ0v) is 16.9. The lowest BCUT2D eigenvalue weighted by atomic mass is 9.93. The van der Waals surface area contributed by atoms with E-state index in [4.69, 9.17) is 21.7 Å². The van der Waals surface area contributed by atoms with Gasteiger partial charge in [-0.25, -0.2) is 9.50 Å². The summed E-state index contributed by atoms with van der Waals surface area (Å²) in [6.45, 7) is 11.3. The minimum absolute atomic E-state index is 0.0505. The first-order chi connectivity index (χ1) is 12.4. The molecule has 0 N–H and O–H groups in total. The third-order valence-electron chi connectivity index (χ3n) is 4.62. The number of halogens is 1. The van der Waals surface area contributed by atoms with Crippen LogP contribution in [0.1, 0.15) is 32.2 Å². The van der Waals surface area contributed by atoms with Crippen LogP contribution in [0.15, 0.2) is 24.5 Å². The van der Waals surface area contributed by atoms with E-state index in [0.29, 0.717) is 5.02 Å². The SMILES string of the molecule is CC(C)(C)c1cn2nc(N3CCN(Cc4ccc(Cl)cn4)CC3)sc2n1. The van der Waals surface area contributed by atoms with Crippen LogP contribution in [0.4, 0.5) is 5.13 Å². The summed E-state index contributed by atoms with van der Waals surface area (Å²) >= 11 is 7.57. The lowest BCUT2D eigenvalue weighted by Crippen LogP contribution is -2.46. The van der Waals surface area contributed by atoms with Gasteiger partial charge in [0.15, 0.2) is 0 Å². The molecule has 26 heavy (non-hydrogen) atoms. The van der Waals surface area contributed by atoms with E-state index in [2.05, 4.69) is 41.8 Å². The van der Waals surface area contributed by atoms with Crippen LogP contribution >= 0.6 is 22.9 Å². The Labute approximate surface area is 162 Å². The smallest absolute Gasteiger partial charge is 0.214 e. The summed E-state index contributed by atoms with van der Waals surface area (Å²) in [5.74, 6) is 0. The van der Waals surface area contributed by atoms with Crippen LogP contribution in [0, 0.1) is 0 Å². The first-order valence-electron chi connectivity index (χ1n) is 8.83. The van der Waals surface area contributed by atoms with Gasteiger partial charge in [-0.15, -0.1) is 5.10 Å². The van der Waals surface area contributed by atoms with E-state index in [1.54, 1.807) is 17.5 Å². The van der Waals surface area contributed by atoms with Crippen molar-refractivity contribution >= 4 is 33.0 Å². The van der Waals surface area contributed by atoms with Crippen LogP contribution in [0.2, 0.25) is 5.02 Å². The van der Waals surface area contributed by atoms with Gasteiger partial charge in [0.25, 0.3) is 0 Å². The molecule has 0 unspecified atom stereocenters. The topological polar surface area (TPSA) is 49.6 Å². The van der Waals surface area contributed by atoms with Crippen molar-refractivity contribution in [1.29, 1.82) is 0 Å². The van der Waals surface area contributed by atoms with Crippen molar-refractivity contribution in [3.05, 3.63) is 40.9 Å². The monoisotopic (exact) mass is 390 g/mol. The normalized spacial score (nSPS) is 16.5. The summed E-state index contributed by atoms with van der Waals surface area (Å²) in [5.41, 5.74) is 2.20. The molecule has 6 nitrogen and oxygen atoms in total. The third-order valence-corrected chi connectivity index (χ3v) is 5.82. The molecule has 0 bridgehead atoms. The van der Waals surface area contributed by atoms with E-state index < -0.39 is 0 Å². The Morgan fingerprint density at radius 3 is 2.54 bits per heavy atom. The predicted molar refractivity (Wildman–Crippen MR) is 106 cm³/mol. The Morgan fingerprint density at radius 1 is 1.15 bits per heavy atom. The summed E-state index contributed by atoms with van der Waals surface area (Å²) in [6, 6.07) is 3.90. The van der Waals surface area contributed by atoms with Gasteiger partial charge in [-0.05, 0) is 12.1 Å². The zero-order chi connectivity index (χ0) is 18.3. The number of imidazole rings is 1. The average Bonchev–Trinajstić information content (AvgIpc) is 3.16. The fraction of sp³-hybridized carbons (Fsp3) is 0.500. The quantitative estimate of drug-likeness (QED) is 0.685. The Hall–Kier alpha value is -1.70. The molecule has 0 saturated carbocycles. The Morgan fingerprint density at radius 2 is 1.92 bits per heavy atom. The predicted octanol–water partition coefficient (Wildman–Crippen LogP) is 3.46. The van der Waals surface area contributed by atoms with E-state index in [1.165, 1.54) is 0 Å². The molecule has 0 aliphatic carbocycles. The van der Waals surface area contributed by atoms with Crippen molar-refractivity contribution in [3.63, 3.8) is 0 Å². The van der Waals surface area contributed by atoms with Crippen molar-refractivity contribution < 1.29 is 0 Å². The summed E-state index contributed by atoms with van der Waals surface area (Å²) in [6.07, 6.45) is 3.77. The average molecular weight is 391 g/mol. The second kappa shape index (κ2) is 6.79. The molecule has 0 radical (unpaired) electrons. The molecular formula is C18H23ClN6S. The standard InChI is InChI=1S/C18H23ClN6S/c1-18(2,3)15-12-25-16(21-15)26-17(22-25)24-8-6-23(7-9-24)11-14-5-4-13(19)10-20-14/h4-5,10,12H,6-9,11H2,1-3H3. The molecule has 1 fully saturated rings. The molecule has 1 saturated heterocycles. The minimum Gasteiger partial charge on any atom is -0.344 e. The highest BCUT2D eigenvalue weighted by molar-refractivity contribution is 7.20. The Bertz CT molecular complexity index is 855. The van der Waals surface area contributed by atoms with E-state index in [9.17, 15) is 0 Å². The van der Waals surface area contributed by atoms with Gasteiger partial charge in [0.2, 0.25) is 10.1 Å². The molecule has 3 aromatic heterocycles. The van der Waals surface area contributed by atoms with E-state index in [1.807, 2.05) is 16.6 Å². The summed E-state index contributed by atoms with van der Waals surface area (Å²) in [4.78, 5) is 14.9. The van der Waals surface area contributed by atoms with Crippen LogP contribution < -0.4 is 4.90 Å². The van der Waals surface area contributed by atoms with Crippen molar-refractivity contribution in [2.45, 2.75) is 32.7 Å². The molecule has 4 rings (SSSR count). The first-order valence-corrected chi connectivity index (χ1v) is 10.0. The Kier molecular flexibility index (Phi) is 4.62. The van der Waals surface area contributed by atoms with E-state index in [0.717, 1.165) is 54.2 Å². The minimum atomic E-state index is 0.0505. The van der Waals surface area contributed by atoms with Crippen LogP contribution in [-0.2, 0) is 12.0 Å². The molecule has 8 heteroatoms. The maximum Gasteiger partial charge on any atom is 0.214 e. The number of rotatable bonds is 3. The molecule has 138 valence electrons. The fourth-order valence-corrected chi connectivity index (χ4v) is 4.05. The zero-order valence-electron chi connectivity index (χ0n) is 15.3. The highest BCUT2D eigenvalue weighted by Crippen LogP contribution is 2.28. The largest absolute Gasteiger partial charge is 0.344 e. The maximum absolute atomic E-state index is 5.90. The van der Waals surface area contributed by atoms with Crippen LogP contribution in [0.3, 0.4) is 0 Å². The maximum atomic E-state index is 5.90. The number of piperazine rings is 1. The summed E-state index contributed by atoms with van der Waals surface area (Å²) < 4.78 is 1.92. The number of fused-ring (bicyclic) bond motifs is 1. The van der Waals surface area contributed by atoms with Gasteiger partial charge < -0.3 is 4.90 Å². The number of nitrogens with zero attached hydrogens (tertiary/aromatic N) is 6. The molecule has 0 atom stereocenters. The van der Waals surface area contributed by atoms with Crippen molar-refractivity contribution in [3.8, 4) is 0 Å². The number of hydrogen-bond acceptors (Lipinski definition) is 6. The third kappa shape index (κ3) is 3.70. The molecule has 4 heterocycles. The van der Waals surface area contributed by atoms with Gasteiger partial charge in [-0.2, -0.15) is 0 Å². The van der Waals surface area contributed by atoms with Crippen LogP contribution in [0.25, 0.3) is 4.96 Å². The fourth-order valence-electron chi connectivity index (χ4n) is 3.01. The number of pyridine rings is 1. The molecule has 0 aromatic carbocycles. The van der Waals surface area contributed by atoms with Gasteiger partial charge in [0, 0.05) is 44.3 Å². The Balaban J connectivity index is 1.39. The van der Waals surface area contributed by atoms with Gasteiger partial charge in [0.1, 0.15) is 0 Å². The van der Waals surface area contributed by atoms with E-state index in [-0.39, 0.29) is 5.41 Å². The lowest BCUT2D eigenvalue weighted by Gasteiger charge is -2.34. The second-order valence-corrected chi connectivity index (χ2v) is 9.09.